The maximum Gasteiger partial charge on any atom is 0.389 e. The summed E-state index contributed by atoms with van der Waals surface area (Å²) in [6.07, 6.45) is -4.44. The van der Waals surface area contributed by atoms with Gasteiger partial charge >= 0.3 is 6.18 Å². The molecule has 0 radical (unpaired) electrons. The second-order valence-electron chi connectivity index (χ2n) is 3.87. The summed E-state index contributed by atoms with van der Waals surface area (Å²) in [5.74, 6) is 0. The van der Waals surface area contributed by atoms with Crippen molar-refractivity contribution < 1.29 is 13.2 Å². The van der Waals surface area contributed by atoms with E-state index in [1.165, 1.54) is 0 Å². The average molecular weight is 210 g/mol. The van der Waals surface area contributed by atoms with Crippen LogP contribution in [0.15, 0.2) is 0 Å². The SMILES string of the molecule is C[C@H]1CN(CCCC(F)(F)F)CCN1. The zero-order chi connectivity index (χ0) is 10.6. The summed E-state index contributed by atoms with van der Waals surface area (Å²) in [5.41, 5.74) is 0. The highest BCUT2D eigenvalue weighted by atomic mass is 19.4. The molecule has 0 bridgehead atoms. The molecule has 0 spiro atoms. The van der Waals surface area contributed by atoms with Gasteiger partial charge in [-0.2, -0.15) is 13.2 Å². The Hall–Kier alpha value is -0.290. The highest BCUT2D eigenvalue weighted by Gasteiger charge is 2.26. The lowest BCUT2D eigenvalue weighted by molar-refractivity contribution is -0.136. The van der Waals surface area contributed by atoms with Crippen molar-refractivity contribution in [2.75, 3.05) is 26.2 Å². The van der Waals surface area contributed by atoms with Crippen molar-refractivity contribution in [2.45, 2.75) is 32.0 Å². The minimum atomic E-state index is -4.00. The van der Waals surface area contributed by atoms with Crippen molar-refractivity contribution in [3.63, 3.8) is 0 Å². The van der Waals surface area contributed by atoms with Crippen LogP contribution in [0.1, 0.15) is 19.8 Å². The number of nitrogens with one attached hydrogen (secondary N) is 1. The van der Waals surface area contributed by atoms with E-state index in [-0.39, 0.29) is 6.42 Å². The highest BCUT2D eigenvalue weighted by molar-refractivity contribution is 4.74. The number of nitrogens with zero attached hydrogens (tertiary/aromatic N) is 1. The third kappa shape index (κ3) is 4.81. The van der Waals surface area contributed by atoms with E-state index in [1.54, 1.807) is 0 Å². The van der Waals surface area contributed by atoms with Gasteiger partial charge in [0.2, 0.25) is 0 Å². The van der Waals surface area contributed by atoms with Gasteiger partial charge in [-0.05, 0) is 19.9 Å². The first-order valence-corrected chi connectivity index (χ1v) is 5.00. The van der Waals surface area contributed by atoms with Gasteiger partial charge in [-0.1, -0.05) is 0 Å². The van der Waals surface area contributed by atoms with Crippen LogP contribution < -0.4 is 5.32 Å². The summed E-state index contributed by atoms with van der Waals surface area (Å²) in [4.78, 5) is 2.09. The molecule has 0 unspecified atom stereocenters. The molecule has 0 aliphatic carbocycles. The van der Waals surface area contributed by atoms with E-state index < -0.39 is 12.6 Å². The van der Waals surface area contributed by atoms with E-state index in [0.29, 0.717) is 12.6 Å². The number of piperazine rings is 1. The van der Waals surface area contributed by atoms with Crippen molar-refractivity contribution in [3.05, 3.63) is 0 Å². The predicted molar refractivity (Wildman–Crippen MR) is 49.2 cm³/mol. The largest absolute Gasteiger partial charge is 0.389 e. The van der Waals surface area contributed by atoms with E-state index >= 15 is 0 Å². The lowest BCUT2D eigenvalue weighted by Crippen LogP contribution is -2.49. The molecule has 0 aromatic heterocycles. The Labute approximate surface area is 82.5 Å². The number of halogens is 3. The summed E-state index contributed by atoms with van der Waals surface area (Å²) < 4.78 is 35.6. The van der Waals surface area contributed by atoms with Gasteiger partial charge in [0.05, 0.1) is 0 Å². The fourth-order valence-corrected chi connectivity index (χ4v) is 1.72. The molecule has 1 aliphatic rings. The number of rotatable bonds is 3. The third-order valence-corrected chi connectivity index (χ3v) is 2.39. The minimum Gasteiger partial charge on any atom is -0.312 e. The first-order valence-electron chi connectivity index (χ1n) is 5.00. The van der Waals surface area contributed by atoms with E-state index in [0.717, 1.165) is 19.6 Å². The molecule has 1 N–H and O–H groups in total. The Morgan fingerprint density at radius 2 is 2.14 bits per heavy atom. The van der Waals surface area contributed by atoms with Crippen LogP contribution in [0, 0.1) is 0 Å². The van der Waals surface area contributed by atoms with Crippen LogP contribution in [-0.4, -0.2) is 43.3 Å². The Balaban J connectivity index is 2.12. The molecule has 1 aliphatic heterocycles. The van der Waals surface area contributed by atoms with Crippen LogP contribution >= 0.6 is 0 Å². The number of hydrogen-bond donors (Lipinski definition) is 1. The van der Waals surface area contributed by atoms with Gasteiger partial charge in [-0.15, -0.1) is 0 Å². The summed E-state index contributed by atoms with van der Waals surface area (Å²) in [5, 5.41) is 3.25. The molecule has 1 heterocycles. The van der Waals surface area contributed by atoms with Gasteiger partial charge in [0, 0.05) is 32.1 Å². The fourth-order valence-electron chi connectivity index (χ4n) is 1.72. The maximum atomic E-state index is 11.9. The Kier molecular flexibility index (Phi) is 4.19. The molecule has 14 heavy (non-hydrogen) atoms. The second-order valence-corrected chi connectivity index (χ2v) is 3.87. The van der Waals surface area contributed by atoms with Crippen LogP contribution in [0.5, 0.6) is 0 Å². The fraction of sp³-hybridized carbons (Fsp3) is 1.00. The minimum absolute atomic E-state index is 0.218. The van der Waals surface area contributed by atoms with Gasteiger partial charge < -0.3 is 10.2 Å². The van der Waals surface area contributed by atoms with Crippen LogP contribution in [0.4, 0.5) is 13.2 Å². The van der Waals surface area contributed by atoms with Gasteiger partial charge in [0.25, 0.3) is 0 Å². The Bertz CT molecular complexity index is 170. The van der Waals surface area contributed by atoms with E-state index in [1.807, 2.05) is 0 Å². The molecule has 1 saturated heterocycles. The molecule has 1 rings (SSSR count). The smallest absolute Gasteiger partial charge is 0.312 e. The lowest BCUT2D eigenvalue weighted by atomic mass is 10.2. The summed E-state index contributed by atoms with van der Waals surface area (Å²) in [7, 11) is 0. The second kappa shape index (κ2) is 4.98. The van der Waals surface area contributed by atoms with Crippen LogP contribution in [0.2, 0.25) is 0 Å². The molecule has 0 aromatic carbocycles. The zero-order valence-corrected chi connectivity index (χ0v) is 8.40. The quantitative estimate of drug-likeness (QED) is 0.761. The van der Waals surface area contributed by atoms with E-state index in [4.69, 9.17) is 0 Å². The van der Waals surface area contributed by atoms with Gasteiger partial charge in [-0.25, -0.2) is 0 Å². The summed E-state index contributed by atoms with van der Waals surface area (Å²) in [6.45, 7) is 5.22. The van der Waals surface area contributed by atoms with Crippen molar-refractivity contribution in [1.82, 2.24) is 10.2 Å². The Morgan fingerprint density at radius 3 is 2.71 bits per heavy atom. The van der Waals surface area contributed by atoms with E-state index in [9.17, 15) is 13.2 Å². The molecule has 1 atom stereocenters. The van der Waals surface area contributed by atoms with Gasteiger partial charge in [-0.3, -0.25) is 0 Å². The molecule has 0 saturated carbocycles. The van der Waals surface area contributed by atoms with Gasteiger partial charge in [0.15, 0.2) is 0 Å². The molecule has 0 amide bonds. The molecule has 0 aromatic rings. The summed E-state index contributed by atoms with van der Waals surface area (Å²) in [6, 6.07) is 0.398. The highest BCUT2D eigenvalue weighted by Crippen LogP contribution is 2.21. The zero-order valence-electron chi connectivity index (χ0n) is 8.40. The normalized spacial score (nSPS) is 25.3. The maximum absolute atomic E-state index is 11.9. The lowest BCUT2D eigenvalue weighted by Gasteiger charge is -2.31. The van der Waals surface area contributed by atoms with Crippen molar-refractivity contribution in [3.8, 4) is 0 Å². The summed E-state index contributed by atoms with van der Waals surface area (Å²) >= 11 is 0. The molecule has 5 heteroatoms. The third-order valence-electron chi connectivity index (χ3n) is 2.39. The van der Waals surface area contributed by atoms with Gasteiger partial charge in [0.1, 0.15) is 0 Å². The molecular formula is C9H17F3N2. The van der Waals surface area contributed by atoms with E-state index in [2.05, 4.69) is 17.1 Å². The Morgan fingerprint density at radius 1 is 1.43 bits per heavy atom. The molecule has 2 nitrogen and oxygen atoms in total. The van der Waals surface area contributed by atoms with Crippen LogP contribution in [0.3, 0.4) is 0 Å². The predicted octanol–water partition coefficient (Wildman–Crippen LogP) is 1.62. The van der Waals surface area contributed by atoms with Crippen molar-refractivity contribution in [2.24, 2.45) is 0 Å². The van der Waals surface area contributed by atoms with Crippen molar-refractivity contribution in [1.29, 1.82) is 0 Å². The molecular weight excluding hydrogens is 193 g/mol. The average Bonchev–Trinajstić information content (AvgIpc) is 2.01. The van der Waals surface area contributed by atoms with Crippen molar-refractivity contribution >= 4 is 0 Å². The topological polar surface area (TPSA) is 15.3 Å². The first-order chi connectivity index (χ1) is 6.47. The standard InChI is InChI=1S/C9H17F3N2/c1-8-7-14(6-4-13-8)5-2-3-9(10,11)12/h8,13H,2-7H2,1H3/t8-/m0/s1. The number of alkyl halides is 3. The molecule has 1 fully saturated rings. The first kappa shape index (κ1) is 11.8. The van der Waals surface area contributed by atoms with Crippen LogP contribution in [0.25, 0.3) is 0 Å². The monoisotopic (exact) mass is 210 g/mol. The molecule has 84 valence electrons. The number of hydrogen-bond acceptors (Lipinski definition) is 2. The van der Waals surface area contributed by atoms with Crippen LogP contribution in [-0.2, 0) is 0 Å².